The average molecular weight is 342 g/mol. The second-order valence-corrected chi connectivity index (χ2v) is 5.41. The predicted molar refractivity (Wildman–Crippen MR) is 82.4 cm³/mol. The van der Waals surface area contributed by atoms with Crippen LogP contribution in [0, 0.1) is 0 Å². The number of hydrogen-bond acceptors (Lipinski definition) is 5. The van der Waals surface area contributed by atoms with Crippen LogP contribution in [0.1, 0.15) is 0 Å². The number of anilines is 1. The first-order chi connectivity index (χ1) is 10.0. The van der Waals surface area contributed by atoms with Gasteiger partial charge in [-0.2, -0.15) is 4.98 Å². The van der Waals surface area contributed by atoms with Gasteiger partial charge in [-0.15, -0.1) is 0 Å². The number of rotatable bonds is 2. The normalized spacial score (nSPS) is 10.8. The fraction of sp³-hybridized carbons (Fsp3) is 0. The quantitative estimate of drug-likeness (QED) is 0.701. The molecule has 0 fully saturated rings. The molecule has 21 heavy (non-hydrogen) atoms. The predicted octanol–water partition coefficient (Wildman–Crippen LogP) is 4.34. The fourth-order valence-electron chi connectivity index (χ4n) is 1.71. The van der Waals surface area contributed by atoms with Crippen molar-refractivity contribution < 1.29 is 4.52 Å². The number of halogens is 3. The highest BCUT2D eigenvalue weighted by molar-refractivity contribution is 6.37. The van der Waals surface area contributed by atoms with Crippen molar-refractivity contribution in [3.05, 3.63) is 45.5 Å². The maximum atomic E-state index is 5.98. The number of nitrogens with two attached hydrogens (primary N) is 1. The van der Waals surface area contributed by atoms with Crippen molar-refractivity contribution in [2.24, 2.45) is 0 Å². The van der Waals surface area contributed by atoms with Gasteiger partial charge in [0.2, 0.25) is 5.82 Å². The molecule has 0 aliphatic rings. The van der Waals surface area contributed by atoms with Crippen molar-refractivity contribution in [1.29, 1.82) is 0 Å². The number of aromatic nitrogens is 3. The summed E-state index contributed by atoms with van der Waals surface area (Å²) in [6.07, 6.45) is 1.50. The highest BCUT2D eigenvalue weighted by atomic mass is 35.5. The van der Waals surface area contributed by atoms with Crippen LogP contribution < -0.4 is 5.73 Å². The van der Waals surface area contributed by atoms with Gasteiger partial charge in [0, 0.05) is 11.2 Å². The molecule has 0 unspecified atom stereocenters. The topological polar surface area (TPSA) is 77.8 Å². The van der Waals surface area contributed by atoms with Gasteiger partial charge < -0.3 is 10.3 Å². The van der Waals surface area contributed by atoms with Crippen LogP contribution in [0.2, 0.25) is 15.1 Å². The zero-order chi connectivity index (χ0) is 15.0. The van der Waals surface area contributed by atoms with Crippen LogP contribution >= 0.6 is 34.8 Å². The molecule has 3 aromatic rings. The molecule has 0 bridgehead atoms. The summed E-state index contributed by atoms with van der Waals surface area (Å²) in [4.78, 5) is 8.36. The van der Waals surface area contributed by atoms with Gasteiger partial charge >= 0.3 is 0 Å². The lowest BCUT2D eigenvalue weighted by atomic mass is 10.2. The molecule has 0 spiro atoms. The van der Waals surface area contributed by atoms with Gasteiger partial charge in [0.15, 0.2) is 0 Å². The molecule has 106 valence electrons. The minimum absolute atomic E-state index is 0.212. The van der Waals surface area contributed by atoms with Crippen LogP contribution in [-0.4, -0.2) is 15.1 Å². The lowest BCUT2D eigenvalue weighted by Crippen LogP contribution is -1.92. The number of hydrogen-bond donors (Lipinski definition) is 1. The highest BCUT2D eigenvalue weighted by Crippen LogP contribution is 2.34. The first kappa shape index (κ1) is 14.1. The molecule has 5 nitrogen and oxygen atoms in total. The molecule has 2 heterocycles. The summed E-state index contributed by atoms with van der Waals surface area (Å²) in [5.41, 5.74) is 7.22. The van der Waals surface area contributed by atoms with E-state index in [1.807, 2.05) is 0 Å². The summed E-state index contributed by atoms with van der Waals surface area (Å²) in [7, 11) is 0. The lowest BCUT2D eigenvalue weighted by molar-refractivity contribution is 0.432. The highest BCUT2D eigenvalue weighted by Gasteiger charge is 2.16. The average Bonchev–Trinajstić information content (AvgIpc) is 2.93. The summed E-state index contributed by atoms with van der Waals surface area (Å²) in [6, 6.07) is 6.52. The minimum atomic E-state index is 0.212. The zero-order valence-electron chi connectivity index (χ0n) is 10.3. The summed E-state index contributed by atoms with van der Waals surface area (Å²) in [5.74, 6) is 0.529. The molecule has 2 aromatic heterocycles. The number of pyridine rings is 1. The van der Waals surface area contributed by atoms with Crippen molar-refractivity contribution in [2.45, 2.75) is 0 Å². The number of nitrogen functional groups attached to an aromatic ring is 1. The first-order valence-corrected chi connectivity index (χ1v) is 6.88. The molecular weight excluding hydrogens is 335 g/mol. The van der Waals surface area contributed by atoms with E-state index in [2.05, 4.69) is 15.1 Å². The molecule has 0 saturated carbocycles. The number of benzene rings is 1. The Morgan fingerprint density at radius 2 is 1.86 bits per heavy atom. The second-order valence-electron chi connectivity index (χ2n) is 4.13. The smallest absolute Gasteiger partial charge is 0.260 e. The van der Waals surface area contributed by atoms with Crippen LogP contribution in [0.5, 0.6) is 0 Å². The van der Waals surface area contributed by atoms with Crippen molar-refractivity contribution in [1.82, 2.24) is 15.1 Å². The zero-order valence-corrected chi connectivity index (χ0v) is 12.6. The third-order valence-corrected chi connectivity index (χ3v) is 3.46. The largest absolute Gasteiger partial charge is 0.397 e. The SMILES string of the molecule is Nc1c(Cl)cc(Cl)cc1-c1nc(-c2ccc(Cl)cn2)no1. The fourth-order valence-corrected chi connectivity index (χ4v) is 2.31. The Balaban J connectivity index is 2.04. The van der Waals surface area contributed by atoms with Crippen molar-refractivity contribution in [3.63, 3.8) is 0 Å². The summed E-state index contributed by atoms with van der Waals surface area (Å²) in [5, 5.41) is 5.13. The van der Waals surface area contributed by atoms with E-state index in [0.717, 1.165) is 0 Å². The van der Waals surface area contributed by atoms with Gasteiger partial charge in [0.1, 0.15) is 5.69 Å². The number of nitrogens with zero attached hydrogens (tertiary/aromatic N) is 3. The molecule has 0 aliphatic carbocycles. The molecule has 0 atom stereocenters. The molecule has 1 aromatic carbocycles. The third-order valence-electron chi connectivity index (χ3n) is 2.71. The Kier molecular flexibility index (Phi) is 3.71. The molecular formula is C13H7Cl3N4O. The molecule has 0 radical (unpaired) electrons. The van der Waals surface area contributed by atoms with E-state index in [-0.39, 0.29) is 5.89 Å². The Hall–Kier alpha value is -1.82. The Morgan fingerprint density at radius 1 is 1.05 bits per heavy atom. The van der Waals surface area contributed by atoms with E-state index < -0.39 is 0 Å². The van der Waals surface area contributed by atoms with E-state index in [4.69, 9.17) is 45.1 Å². The summed E-state index contributed by atoms with van der Waals surface area (Å²) < 4.78 is 5.19. The van der Waals surface area contributed by atoms with Gasteiger partial charge in [0.05, 0.1) is 21.3 Å². The van der Waals surface area contributed by atoms with Crippen LogP contribution in [0.15, 0.2) is 35.0 Å². The molecule has 0 saturated heterocycles. The molecule has 0 aliphatic heterocycles. The van der Waals surface area contributed by atoms with Gasteiger partial charge in [0.25, 0.3) is 5.89 Å². The van der Waals surface area contributed by atoms with E-state index >= 15 is 0 Å². The van der Waals surface area contributed by atoms with E-state index in [0.29, 0.717) is 37.8 Å². The molecule has 2 N–H and O–H groups in total. The molecule has 8 heteroatoms. The van der Waals surface area contributed by atoms with Gasteiger partial charge in [-0.1, -0.05) is 40.0 Å². The Morgan fingerprint density at radius 3 is 2.57 bits per heavy atom. The van der Waals surface area contributed by atoms with Crippen molar-refractivity contribution in [3.8, 4) is 23.0 Å². The van der Waals surface area contributed by atoms with Gasteiger partial charge in [-0.3, -0.25) is 4.98 Å². The lowest BCUT2D eigenvalue weighted by Gasteiger charge is -2.03. The monoisotopic (exact) mass is 340 g/mol. The Bertz CT molecular complexity index is 802. The van der Waals surface area contributed by atoms with Crippen LogP contribution in [0.25, 0.3) is 23.0 Å². The summed E-state index contributed by atoms with van der Waals surface area (Å²) >= 11 is 17.7. The minimum Gasteiger partial charge on any atom is -0.397 e. The maximum Gasteiger partial charge on any atom is 0.260 e. The van der Waals surface area contributed by atoms with Crippen LogP contribution in [-0.2, 0) is 0 Å². The molecule has 3 rings (SSSR count). The first-order valence-electron chi connectivity index (χ1n) is 5.75. The maximum absolute atomic E-state index is 5.98. The van der Waals surface area contributed by atoms with Crippen LogP contribution in [0.3, 0.4) is 0 Å². The Labute approximate surface area is 134 Å². The second kappa shape index (κ2) is 5.52. The third kappa shape index (κ3) is 2.81. The van der Waals surface area contributed by atoms with Gasteiger partial charge in [-0.05, 0) is 24.3 Å². The van der Waals surface area contributed by atoms with E-state index in [1.165, 1.54) is 6.20 Å². The standard InChI is InChI=1S/C13H7Cl3N4O/c14-6-1-2-10(18-5-6)12-19-13(21-20-12)8-3-7(15)4-9(16)11(8)17/h1-5H,17H2. The van der Waals surface area contributed by atoms with E-state index in [9.17, 15) is 0 Å². The van der Waals surface area contributed by atoms with E-state index in [1.54, 1.807) is 24.3 Å². The van der Waals surface area contributed by atoms with Crippen molar-refractivity contribution >= 4 is 40.5 Å². The molecule has 0 amide bonds. The van der Waals surface area contributed by atoms with Gasteiger partial charge in [-0.25, -0.2) is 0 Å². The summed E-state index contributed by atoms with van der Waals surface area (Å²) in [6.45, 7) is 0. The van der Waals surface area contributed by atoms with Crippen LogP contribution in [0.4, 0.5) is 5.69 Å². The van der Waals surface area contributed by atoms with Crippen molar-refractivity contribution in [2.75, 3.05) is 5.73 Å².